The van der Waals surface area contributed by atoms with Gasteiger partial charge in [0.15, 0.2) is 0 Å². The molecule has 22 heavy (non-hydrogen) atoms. The third-order valence-electron chi connectivity index (χ3n) is 5.18. The summed E-state index contributed by atoms with van der Waals surface area (Å²) in [4.78, 5) is 14.5. The molecule has 1 saturated carbocycles. The molecule has 0 unspecified atom stereocenters. The van der Waals surface area contributed by atoms with Gasteiger partial charge in [0.1, 0.15) is 0 Å². The van der Waals surface area contributed by atoms with E-state index in [2.05, 4.69) is 35.5 Å². The van der Waals surface area contributed by atoms with Crippen LogP contribution in [-0.4, -0.2) is 26.0 Å². The molecule has 1 aromatic carbocycles. The number of anilines is 1. The second-order valence-corrected chi connectivity index (χ2v) is 6.86. The van der Waals surface area contributed by atoms with Gasteiger partial charge in [0.25, 0.3) is 0 Å². The summed E-state index contributed by atoms with van der Waals surface area (Å²) < 4.78 is 0. The van der Waals surface area contributed by atoms with Crippen LogP contribution in [0.25, 0.3) is 0 Å². The van der Waals surface area contributed by atoms with E-state index < -0.39 is 0 Å². The number of nitrogens with zero attached hydrogens (tertiary/aromatic N) is 1. The number of aryl methyl sites for hydroxylation is 1. The van der Waals surface area contributed by atoms with Crippen molar-refractivity contribution in [2.75, 3.05) is 25.0 Å². The third kappa shape index (κ3) is 3.63. The molecular weight excluding hydrogens is 272 g/mol. The fourth-order valence-electron chi connectivity index (χ4n) is 3.83. The van der Waals surface area contributed by atoms with Crippen LogP contribution in [0.15, 0.2) is 18.2 Å². The van der Waals surface area contributed by atoms with Gasteiger partial charge in [-0.2, -0.15) is 0 Å². The summed E-state index contributed by atoms with van der Waals surface area (Å²) >= 11 is 0. The van der Waals surface area contributed by atoms with Gasteiger partial charge in [-0.1, -0.05) is 31.4 Å². The molecule has 1 aliphatic carbocycles. The lowest BCUT2D eigenvalue weighted by molar-refractivity contribution is -0.125. The molecule has 120 valence electrons. The van der Waals surface area contributed by atoms with Crippen molar-refractivity contribution >= 4 is 11.6 Å². The number of hydrogen-bond acceptors (Lipinski definition) is 2. The molecule has 3 nitrogen and oxygen atoms in total. The topological polar surface area (TPSA) is 32.3 Å². The number of carbonyl (C=O) groups excluding carboxylic acids is 1. The molecule has 3 rings (SSSR count). The SMILES string of the molecule is CN1CCCc2cc(CCNC(=O)C3CCCCC3)ccc21. The zero-order valence-electron chi connectivity index (χ0n) is 13.7. The van der Waals surface area contributed by atoms with Crippen molar-refractivity contribution in [2.24, 2.45) is 5.92 Å². The number of rotatable bonds is 4. The Bertz CT molecular complexity index is 520. The van der Waals surface area contributed by atoms with E-state index >= 15 is 0 Å². The monoisotopic (exact) mass is 300 g/mol. The Morgan fingerprint density at radius 2 is 2.05 bits per heavy atom. The van der Waals surface area contributed by atoms with Gasteiger partial charge >= 0.3 is 0 Å². The second kappa shape index (κ2) is 7.17. The lowest BCUT2D eigenvalue weighted by Crippen LogP contribution is -2.33. The van der Waals surface area contributed by atoms with E-state index in [0.29, 0.717) is 0 Å². The van der Waals surface area contributed by atoms with Crippen LogP contribution in [0.2, 0.25) is 0 Å². The Morgan fingerprint density at radius 1 is 1.23 bits per heavy atom. The molecular formula is C19H28N2O. The first kappa shape index (κ1) is 15.4. The number of hydrogen-bond donors (Lipinski definition) is 1. The molecule has 1 aliphatic heterocycles. The number of benzene rings is 1. The van der Waals surface area contributed by atoms with Crippen LogP contribution >= 0.6 is 0 Å². The van der Waals surface area contributed by atoms with Crippen molar-refractivity contribution in [3.63, 3.8) is 0 Å². The molecule has 1 fully saturated rings. The van der Waals surface area contributed by atoms with Gasteiger partial charge in [0.05, 0.1) is 0 Å². The predicted octanol–water partition coefficient (Wildman–Crippen LogP) is 3.31. The summed E-state index contributed by atoms with van der Waals surface area (Å²) in [5, 5.41) is 3.14. The van der Waals surface area contributed by atoms with E-state index in [9.17, 15) is 4.79 Å². The van der Waals surface area contributed by atoms with E-state index in [1.807, 2.05) is 0 Å². The van der Waals surface area contributed by atoms with Crippen LogP contribution in [0.4, 0.5) is 5.69 Å². The van der Waals surface area contributed by atoms with Crippen LogP contribution in [0.1, 0.15) is 49.7 Å². The maximum absolute atomic E-state index is 12.1. The minimum absolute atomic E-state index is 0.269. The summed E-state index contributed by atoms with van der Waals surface area (Å²) in [6.45, 7) is 1.92. The smallest absolute Gasteiger partial charge is 0.223 e. The molecule has 0 atom stereocenters. The fourth-order valence-corrected chi connectivity index (χ4v) is 3.83. The summed E-state index contributed by atoms with van der Waals surface area (Å²) in [7, 11) is 2.17. The molecule has 1 N–H and O–H groups in total. The van der Waals surface area contributed by atoms with Gasteiger partial charge < -0.3 is 10.2 Å². The Balaban J connectivity index is 1.50. The van der Waals surface area contributed by atoms with E-state index in [1.54, 1.807) is 0 Å². The molecule has 0 aromatic heterocycles. The van der Waals surface area contributed by atoms with E-state index in [4.69, 9.17) is 0 Å². The van der Waals surface area contributed by atoms with E-state index in [1.165, 1.54) is 48.9 Å². The second-order valence-electron chi connectivity index (χ2n) is 6.86. The minimum Gasteiger partial charge on any atom is -0.374 e. The summed E-state index contributed by atoms with van der Waals surface area (Å²) in [5.74, 6) is 0.545. The van der Waals surface area contributed by atoms with Gasteiger partial charge in [-0.3, -0.25) is 4.79 Å². The van der Waals surface area contributed by atoms with Crippen LogP contribution in [-0.2, 0) is 17.6 Å². The third-order valence-corrected chi connectivity index (χ3v) is 5.18. The summed E-state index contributed by atoms with van der Waals surface area (Å²) in [5.41, 5.74) is 4.18. The number of carbonyl (C=O) groups is 1. The standard InChI is InChI=1S/C19H28N2O/c1-21-13-5-8-17-14-15(9-10-18(17)21)11-12-20-19(22)16-6-3-2-4-7-16/h9-10,14,16H,2-8,11-13H2,1H3,(H,20,22). The molecule has 0 bridgehead atoms. The molecule has 0 saturated heterocycles. The van der Waals surface area contributed by atoms with Gasteiger partial charge in [0, 0.05) is 31.7 Å². The number of amides is 1. The highest BCUT2D eigenvalue weighted by molar-refractivity contribution is 5.78. The quantitative estimate of drug-likeness (QED) is 0.925. The Kier molecular flexibility index (Phi) is 5.01. The van der Waals surface area contributed by atoms with E-state index in [0.717, 1.165) is 32.4 Å². The predicted molar refractivity (Wildman–Crippen MR) is 91.3 cm³/mol. The first-order valence-electron chi connectivity index (χ1n) is 8.85. The van der Waals surface area contributed by atoms with E-state index in [-0.39, 0.29) is 11.8 Å². The zero-order valence-corrected chi connectivity index (χ0v) is 13.7. The van der Waals surface area contributed by atoms with Crippen LogP contribution in [0.5, 0.6) is 0 Å². The number of fused-ring (bicyclic) bond motifs is 1. The zero-order chi connectivity index (χ0) is 15.4. The average Bonchev–Trinajstić information content (AvgIpc) is 2.56. The van der Waals surface area contributed by atoms with Crippen LogP contribution < -0.4 is 10.2 Å². The molecule has 1 amide bonds. The lowest BCUT2D eigenvalue weighted by atomic mass is 9.88. The van der Waals surface area contributed by atoms with Crippen molar-refractivity contribution < 1.29 is 4.79 Å². The molecule has 0 radical (unpaired) electrons. The number of nitrogens with one attached hydrogen (secondary N) is 1. The molecule has 0 spiro atoms. The Labute approximate surface area is 134 Å². The highest BCUT2D eigenvalue weighted by Gasteiger charge is 2.20. The summed E-state index contributed by atoms with van der Waals surface area (Å²) in [6, 6.07) is 6.79. The summed E-state index contributed by atoms with van der Waals surface area (Å²) in [6.07, 6.45) is 9.26. The first-order valence-corrected chi connectivity index (χ1v) is 8.85. The highest BCUT2D eigenvalue weighted by Crippen LogP contribution is 2.27. The van der Waals surface area contributed by atoms with Crippen LogP contribution in [0.3, 0.4) is 0 Å². The lowest BCUT2D eigenvalue weighted by Gasteiger charge is -2.28. The van der Waals surface area contributed by atoms with Crippen molar-refractivity contribution in [3.8, 4) is 0 Å². The Hall–Kier alpha value is -1.51. The van der Waals surface area contributed by atoms with Gasteiger partial charge in [0.2, 0.25) is 5.91 Å². The first-order chi connectivity index (χ1) is 10.7. The van der Waals surface area contributed by atoms with Gasteiger partial charge in [-0.15, -0.1) is 0 Å². The molecule has 1 heterocycles. The van der Waals surface area contributed by atoms with Crippen molar-refractivity contribution in [1.82, 2.24) is 5.32 Å². The maximum atomic E-state index is 12.1. The Morgan fingerprint density at radius 3 is 2.86 bits per heavy atom. The average molecular weight is 300 g/mol. The van der Waals surface area contributed by atoms with Crippen molar-refractivity contribution in [3.05, 3.63) is 29.3 Å². The molecule has 3 heteroatoms. The normalized spacial score (nSPS) is 18.9. The largest absolute Gasteiger partial charge is 0.374 e. The van der Waals surface area contributed by atoms with Gasteiger partial charge in [-0.05, 0) is 49.3 Å². The minimum atomic E-state index is 0.269. The van der Waals surface area contributed by atoms with Crippen LogP contribution in [0, 0.1) is 5.92 Å². The molecule has 1 aromatic rings. The van der Waals surface area contributed by atoms with Gasteiger partial charge in [-0.25, -0.2) is 0 Å². The maximum Gasteiger partial charge on any atom is 0.223 e. The van der Waals surface area contributed by atoms with Crippen molar-refractivity contribution in [2.45, 2.75) is 51.4 Å². The fraction of sp³-hybridized carbons (Fsp3) is 0.632. The molecule has 2 aliphatic rings. The highest BCUT2D eigenvalue weighted by atomic mass is 16.1. The van der Waals surface area contributed by atoms with Crippen molar-refractivity contribution in [1.29, 1.82) is 0 Å².